The maximum atomic E-state index is 12.2. The Morgan fingerprint density at radius 1 is 1.38 bits per heavy atom. The van der Waals surface area contributed by atoms with Crippen molar-refractivity contribution in [3.8, 4) is 0 Å². The van der Waals surface area contributed by atoms with E-state index in [9.17, 15) is 18.5 Å². The Bertz CT molecular complexity index is 741. The van der Waals surface area contributed by atoms with Crippen molar-refractivity contribution in [2.24, 2.45) is 0 Å². The van der Waals surface area contributed by atoms with Gasteiger partial charge in [0.05, 0.1) is 17.2 Å². The molecule has 0 radical (unpaired) electrons. The molecule has 0 amide bonds. The van der Waals surface area contributed by atoms with E-state index in [4.69, 9.17) is 4.74 Å². The van der Waals surface area contributed by atoms with Gasteiger partial charge in [-0.3, -0.25) is 14.8 Å². The van der Waals surface area contributed by atoms with Crippen LogP contribution < -0.4 is 4.72 Å². The van der Waals surface area contributed by atoms with Gasteiger partial charge < -0.3 is 4.74 Å². The van der Waals surface area contributed by atoms with E-state index in [0.29, 0.717) is 5.56 Å². The molecular weight excluding hydrogens is 316 g/mol. The number of non-ortho nitro benzene ring substituents is 1. The van der Waals surface area contributed by atoms with Crippen molar-refractivity contribution in [2.75, 3.05) is 11.8 Å². The summed E-state index contributed by atoms with van der Waals surface area (Å²) in [6, 6.07) is 7.00. The quantitative estimate of drug-likeness (QED) is 0.649. The number of hydrogen-bond donors (Lipinski definition) is 1. The van der Waals surface area contributed by atoms with Crippen LogP contribution in [0.2, 0.25) is 0 Å². The highest BCUT2D eigenvalue weighted by Crippen LogP contribution is 2.26. The minimum absolute atomic E-state index is 0.0595. The average Bonchev–Trinajstić information content (AvgIpc) is 2.95. The smallest absolute Gasteiger partial charge is 0.271 e. The van der Waals surface area contributed by atoms with Gasteiger partial charge in [0.15, 0.2) is 0 Å². The second-order valence-corrected chi connectivity index (χ2v) is 6.93. The lowest BCUT2D eigenvalue weighted by Gasteiger charge is -2.11. The first-order valence-electron chi connectivity index (χ1n) is 5.76. The van der Waals surface area contributed by atoms with Gasteiger partial charge in [0.1, 0.15) is 4.21 Å². The molecule has 0 fully saturated rings. The first kappa shape index (κ1) is 15.4. The van der Waals surface area contributed by atoms with Gasteiger partial charge in [-0.05, 0) is 17.5 Å². The number of methoxy groups -OCH3 is 1. The monoisotopic (exact) mass is 328 g/mol. The normalized spacial score (nSPS) is 11.3. The molecule has 2 rings (SSSR count). The lowest BCUT2D eigenvalue weighted by atomic mass is 10.2. The SMILES string of the molecule is COCc1cc([N+](=O)[O-])ccc1NS(=O)(=O)c1cccs1. The van der Waals surface area contributed by atoms with Crippen LogP contribution in [0.15, 0.2) is 39.9 Å². The van der Waals surface area contributed by atoms with Crippen LogP contribution in [-0.4, -0.2) is 20.5 Å². The second kappa shape index (κ2) is 6.20. The molecule has 9 heteroatoms. The number of thiophene rings is 1. The molecule has 0 bridgehead atoms. The van der Waals surface area contributed by atoms with Crippen LogP contribution in [0.25, 0.3) is 0 Å². The van der Waals surface area contributed by atoms with Crippen LogP contribution in [0.5, 0.6) is 0 Å². The molecule has 7 nitrogen and oxygen atoms in total. The molecule has 1 N–H and O–H groups in total. The Morgan fingerprint density at radius 3 is 2.71 bits per heavy atom. The van der Waals surface area contributed by atoms with Crippen LogP contribution in [0.3, 0.4) is 0 Å². The summed E-state index contributed by atoms with van der Waals surface area (Å²) in [6.07, 6.45) is 0. The summed E-state index contributed by atoms with van der Waals surface area (Å²) in [6.45, 7) is 0.0595. The maximum Gasteiger partial charge on any atom is 0.271 e. The Hall–Kier alpha value is -1.97. The standard InChI is InChI=1S/C12H12N2O5S2/c1-19-8-9-7-10(14(15)16)4-5-11(9)13-21(17,18)12-3-2-6-20-12/h2-7,13H,8H2,1H3. The van der Waals surface area contributed by atoms with Gasteiger partial charge in [0.2, 0.25) is 0 Å². The van der Waals surface area contributed by atoms with Gasteiger partial charge >= 0.3 is 0 Å². The molecular formula is C12H12N2O5S2. The highest BCUT2D eigenvalue weighted by atomic mass is 32.2. The number of benzene rings is 1. The number of nitro benzene ring substituents is 1. The number of nitro groups is 1. The molecule has 112 valence electrons. The zero-order chi connectivity index (χ0) is 15.5. The van der Waals surface area contributed by atoms with Crippen LogP contribution in [0, 0.1) is 10.1 Å². The summed E-state index contributed by atoms with van der Waals surface area (Å²) < 4.78 is 31.9. The van der Waals surface area contributed by atoms with E-state index in [1.807, 2.05) is 0 Å². The summed E-state index contributed by atoms with van der Waals surface area (Å²) in [4.78, 5) is 10.2. The lowest BCUT2D eigenvalue weighted by Crippen LogP contribution is -2.13. The van der Waals surface area contributed by atoms with Gasteiger partial charge in [0.25, 0.3) is 15.7 Å². The summed E-state index contributed by atoms with van der Waals surface area (Å²) in [5.74, 6) is 0. The van der Waals surface area contributed by atoms with Crippen molar-refractivity contribution in [1.82, 2.24) is 0 Å². The molecule has 0 aliphatic heterocycles. The molecule has 0 saturated carbocycles. The molecule has 1 aromatic heterocycles. The highest BCUT2D eigenvalue weighted by Gasteiger charge is 2.18. The fourth-order valence-electron chi connectivity index (χ4n) is 1.68. The number of rotatable bonds is 6. The minimum Gasteiger partial charge on any atom is -0.380 e. The maximum absolute atomic E-state index is 12.2. The molecule has 1 aromatic carbocycles. The average molecular weight is 328 g/mol. The fraction of sp³-hybridized carbons (Fsp3) is 0.167. The molecule has 2 aromatic rings. The predicted octanol–water partition coefficient (Wildman–Crippen LogP) is 2.60. The number of anilines is 1. The molecule has 1 heterocycles. The number of hydrogen-bond acceptors (Lipinski definition) is 6. The summed E-state index contributed by atoms with van der Waals surface area (Å²) in [5, 5.41) is 12.4. The van der Waals surface area contributed by atoms with Gasteiger partial charge in [-0.15, -0.1) is 11.3 Å². The largest absolute Gasteiger partial charge is 0.380 e. The number of sulfonamides is 1. The van der Waals surface area contributed by atoms with E-state index in [-0.39, 0.29) is 22.2 Å². The van der Waals surface area contributed by atoms with E-state index in [0.717, 1.165) is 11.3 Å². The van der Waals surface area contributed by atoms with E-state index in [1.54, 1.807) is 11.4 Å². The third kappa shape index (κ3) is 3.57. The molecule has 0 unspecified atom stereocenters. The molecule has 0 atom stereocenters. The van der Waals surface area contributed by atoms with Crippen molar-refractivity contribution < 1.29 is 18.1 Å². The van der Waals surface area contributed by atoms with Gasteiger partial charge in [-0.25, -0.2) is 8.42 Å². The molecule has 0 aliphatic rings. The number of ether oxygens (including phenoxy) is 1. The Labute approximate surface area is 125 Å². The first-order valence-corrected chi connectivity index (χ1v) is 8.13. The van der Waals surface area contributed by atoms with E-state index >= 15 is 0 Å². The van der Waals surface area contributed by atoms with Crippen molar-refractivity contribution in [3.63, 3.8) is 0 Å². The van der Waals surface area contributed by atoms with E-state index < -0.39 is 14.9 Å². The number of nitrogens with zero attached hydrogens (tertiary/aromatic N) is 1. The van der Waals surface area contributed by atoms with E-state index in [2.05, 4.69) is 4.72 Å². The topological polar surface area (TPSA) is 98.5 Å². The van der Waals surface area contributed by atoms with Crippen LogP contribution >= 0.6 is 11.3 Å². The highest BCUT2D eigenvalue weighted by molar-refractivity contribution is 7.94. The third-order valence-electron chi connectivity index (χ3n) is 2.60. The molecule has 21 heavy (non-hydrogen) atoms. The molecule has 0 saturated heterocycles. The van der Waals surface area contributed by atoms with Crippen LogP contribution in [0.4, 0.5) is 11.4 Å². The van der Waals surface area contributed by atoms with E-state index in [1.165, 1.54) is 31.4 Å². The van der Waals surface area contributed by atoms with Crippen molar-refractivity contribution >= 4 is 32.7 Å². The Balaban J connectivity index is 2.37. The Morgan fingerprint density at radius 2 is 2.14 bits per heavy atom. The third-order valence-corrected chi connectivity index (χ3v) is 5.37. The van der Waals surface area contributed by atoms with Crippen molar-refractivity contribution in [3.05, 3.63) is 51.4 Å². The van der Waals surface area contributed by atoms with Crippen molar-refractivity contribution in [2.45, 2.75) is 10.8 Å². The minimum atomic E-state index is -3.70. The Kier molecular flexibility index (Phi) is 4.56. The van der Waals surface area contributed by atoms with Gasteiger partial charge in [-0.1, -0.05) is 6.07 Å². The van der Waals surface area contributed by atoms with Crippen LogP contribution in [0.1, 0.15) is 5.56 Å². The molecule has 0 spiro atoms. The predicted molar refractivity (Wildman–Crippen MR) is 78.9 cm³/mol. The zero-order valence-electron chi connectivity index (χ0n) is 11.0. The second-order valence-electron chi connectivity index (χ2n) is 4.07. The van der Waals surface area contributed by atoms with Crippen LogP contribution in [-0.2, 0) is 21.4 Å². The molecule has 0 aliphatic carbocycles. The lowest BCUT2D eigenvalue weighted by molar-refractivity contribution is -0.384. The van der Waals surface area contributed by atoms with Gasteiger partial charge in [0, 0.05) is 24.8 Å². The number of nitrogens with one attached hydrogen (secondary N) is 1. The summed E-state index contributed by atoms with van der Waals surface area (Å²) in [5.41, 5.74) is 0.531. The first-order chi connectivity index (χ1) is 9.94. The van der Waals surface area contributed by atoms with Gasteiger partial charge in [-0.2, -0.15) is 0 Å². The summed E-state index contributed by atoms with van der Waals surface area (Å²) >= 11 is 1.09. The zero-order valence-corrected chi connectivity index (χ0v) is 12.6. The summed E-state index contributed by atoms with van der Waals surface area (Å²) in [7, 11) is -2.27. The fourth-order valence-corrected chi connectivity index (χ4v) is 3.77. The van der Waals surface area contributed by atoms with Crippen molar-refractivity contribution in [1.29, 1.82) is 0 Å².